The highest BCUT2D eigenvalue weighted by Crippen LogP contribution is 2.42. The lowest BCUT2D eigenvalue weighted by atomic mass is 9.81. The molecule has 1 aromatic carbocycles. The number of hydrogen-bond acceptors (Lipinski definition) is 7. The molecule has 9 heteroatoms. The van der Waals surface area contributed by atoms with Crippen LogP contribution in [0.15, 0.2) is 28.9 Å². The number of nitrogens with zero attached hydrogens (tertiary/aromatic N) is 4. The summed E-state index contributed by atoms with van der Waals surface area (Å²) < 4.78 is 4.72. The molecule has 2 atom stereocenters. The molecule has 1 saturated carbocycles. The van der Waals surface area contributed by atoms with Crippen LogP contribution in [0.3, 0.4) is 0 Å². The van der Waals surface area contributed by atoms with E-state index < -0.39 is 23.7 Å². The topological polar surface area (TPSA) is 114 Å². The van der Waals surface area contributed by atoms with Crippen LogP contribution in [0.5, 0.6) is 0 Å². The van der Waals surface area contributed by atoms with Crippen molar-refractivity contribution in [1.82, 2.24) is 10.3 Å². The van der Waals surface area contributed by atoms with E-state index in [9.17, 15) is 19.2 Å². The molecule has 1 saturated heterocycles. The number of benzene rings is 1. The number of fused-ring (bicyclic) bond motifs is 2. The summed E-state index contributed by atoms with van der Waals surface area (Å²) in [5, 5.41) is 7.35. The highest BCUT2D eigenvalue weighted by atomic mass is 16.6. The molecule has 0 bridgehead atoms. The quantitative estimate of drug-likeness (QED) is 0.741. The molecule has 5 rings (SSSR count). The van der Waals surface area contributed by atoms with Crippen molar-refractivity contribution in [2.24, 2.45) is 11.8 Å². The minimum absolute atomic E-state index is 0.200. The lowest BCUT2D eigenvalue weighted by molar-refractivity contribution is -0.122. The van der Waals surface area contributed by atoms with Crippen molar-refractivity contribution in [1.29, 1.82) is 0 Å². The third-order valence-corrected chi connectivity index (χ3v) is 5.51. The lowest BCUT2D eigenvalue weighted by Crippen LogP contribution is -2.35. The van der Waals surface area contributed by atoms with Gasteiger partial charge in [-0.1, -0.05) is 25.0 Å². The van der Waals surface area contributed by atoms with Gasteiger partial charge in [0.1, 0.15) is 0 Å². The number of amides is 4. The maximum absolute atomic E-state index is 12.8. The average molecular weight is 366 g/mol. The van der Waals surface area contributed by atoms with Crippen LogP contribution in [0.25, 0.3) is 0 Å². The summed E-state index contributed by atoms with van der Waals surface area (Å²) in [6.45, 7) is 0. The van der Waals surface area contributed by atoms with Crippen molar-refractivity contribution in [3.63, 3.8) is 0 Å². The molecule has 136 valence electrons. The molecule has 3 aliphatic rings. The number of carbonyl (C=O) groups is 4. The van der Waals surface area contributed by atoms with Crippen molar-refractivity contribution in [2.75, 3.05) is 9.80 Å². The number of anilines is 2. The van der Waals surface area contributed by atoms with Gasteiger partial charge in [0.15, 0.2) is 0 Å². The van der Waals surface area contributed by atoms with Gasteiger partial charge in [-0.2, -0.15) is 0 Å². The molecule has 1 aliphatic carbocycles. The number of aromatic nitrogens is 2. The molecule has 0 radical (unpaired) electrons. The van der Waals surface area contributed by atoms with Gasteiger partial charge in [-0.3, -0.25) is 19.2 Å². The van der Waals surface area contributed by atoms with E-state index in [-0.39, 0.29) is 34.6 Å². The largest absolute Gasteiger partial charge is 0.274 e. The summed E-state index contributed by atoms with van der Waals surface area (Å²) in [7, 11) is 0. The molecule has 27 heavy (non-hydrogen) atoms. The highest BCUT2D eigenvalue weighted by Gasteiger charge is 2.52. The van der Waals surface area contributed by atoms with Crippen LogP contribution in [0, 0.1) is 11.8 Å². The lowest BCUT2D eigenvalue weighted by Gasteiger charge is -2.19. The Morgan fingerprint density at radius 1 is 0.778 bits per heavy atom. The third kappa shape index (κ3) is 2.05. The van der Waals surface area contributed by atoms with Crippen molar-refractivity contribution in [2.45, 2.75) is 25.7 Å². The molecular formula is C18H14N4O5. The summed E-state index contributed by atoms with van der Waals surface area (Å²) in [5.41, 5.74) is 0.452. The fourth-order valence-electron chi connectivity index (χ4n) is 4.21. The van der Waals surface area contributed by atoms with Gasteiger partial charge in [0.05, 0.1) is 23.0 Å². The first kappa shape index (κ1) is 15.9. The molecule has 0 N–H and O–H groups in total. The SMILES string of the molecule is O=C1c2ccccc2C(=O)N1c1nonc1N1C(=O)[C@@H]2CCCC[C@H]2C1=O. The summed E-state index contributed by atoms with van der Waals surface area (Å²) in [6.07, 6.45) is 3.05. The predicted molar refractivity (Wildman–Crippen MR) is 89.8 cm³/mol. The third-order valence-electron chi connectivity index (χ3n) is 5.51. The smallest absolute Gasteiger partial charge is 0.267 e. The molecule has 0 unspecified atom stereocenters. The summed E-state index contributed by atoms with van der Waals surface area (Å²) in [5.74, 6) is -3.16. The second-order valence-electron chi connectivity index (χ2n) is 6.91. The van der Waals surface area contributed by atoms with Crippen molar-refractivity contribution in [3.05, 3.63) is 35.4 Å². The van der Waals surface area contributed by atoms with Crippen LogP contribution in [0.1, 0.15) is 46.4 Å². The van der Waals surface area contributed by atoms with E-state index >= 15 is 0 Å². The number of hydrogen-bond donors (Lipinski definition) is 0. The first-order chi connectivity index (χ1) is 13.1. The number of imide groups is 2. The summed E-state index contributed by atoms with van der Waals surface area (Å²) in [4.78, 5) is 52.7. The van der Waals surface area contributed by atoms with Gasteiger partial charge in [0, 0.05) is 0 Å². The zero-order valence-electron chi connectivity index (χ0n) is 14.1. The fraction of sp³-hybridized carbons (Fsp3) is 0.333. The standard InChI is InChI=1S/C18H14N4O5/c23-15-9-5-1-2-6-10(9)16(24)21(15)13-14(20-27-19-13)22-17(25)11-7-3-4-8-12(11)18(22)26/h1-2,5-6,11-12H,3-4,7-8H2/t11-,12-/m1/s1. The Morgan fingerprint density at radius 3 is 1.78 bits per heavy atom. The maximum atomic E-state index is 12.8. The second kappa shape index (κ2) is 5.57. The number of rotatable bonds is 2. The van der Waals surface area contributed by atoms with Crippen LogP contribution in [-0.2, 0) is 9.59 Å². The van der Waals surface area contributed by atoms with Gasteiger partial charge in [0.25, 0.3) is 11.8 Å². The van der Waals surface area contributed by atoms with Crippen LogP contribution in [0.4, 0.5) is 11.6 Å². The minimum Gasteiger partial charge on any atom is -0.274 e. The van der Waals surface area contributed by atoms with Crippen molar-refractivity contribution in [3.8, 4) is 0 Å². The molecular weight excluding hydrogens is 352 g/mol. The Balaban J connectivity index is 1.56. The van der Waals surface area contributed by atoms with Gasteiger partial charge in [-0.15, -0.1) is 0 Å². The Hall–Kier alpha value is -3.36. The van der Waals surface area contributed by atoms with Gasteiger partial charge < -0.3 is 0 Å². The summed E-state index contributed by atoms with van der Waals surface area (Å²) >= 11 is 0. The van der Waals surface area contributed by atoms with Crippen LogP contribution < -0.4 is 9.80 Å². The van der Waals surface area contributed by atoms with E-state index in [1.807, 2.05) is 0 Å². The molecule has 2 fully saturated rings. The first-order valence-corrected chi connectivity index (χ1v) is 8.78. The predicted octanol–water partition coefficient (Wildman–Crippen LogP) is 1.55. The van der Waals surface area contributed by atoms with Gasteiger partial charge in [-0.05, 0) is 35.3 Å². The zero-order valence-corrected chi connectivity index (χ0v) is 14.1. The maximum Gasteiger partial charge on any atom is 0.267 e. The minimum atomic E-state index is -0.593. The van der Waals surface area contributed by atoms with Crippen LogP contribution in [-0.4, -0.2) is 33.9 Å². The van der Waals surface area contributed by atoms with E-state index in [1.54, 1.807) is 12.1 Å². The highest BCUT2D eigenvalue weighted by molar-refractivity contribution is 6.35. The average Bonchev–Trinajstić information content (AvgIpc) is 3.32. The number of carbonyl (C=O) groups excluding carboxylic acids is 4. The van der Waals surface area contributed by atoms with E-state index in [0.717, 1.165) is 22.6 Å². The van der Waals surface area contributed by atoms with Gasteiger partial charge >= 0.3 is 0 Å². The van der Waals surface area contributed by atoms with E-state index in [4.69, 9.17) is 4.63 Å². The zero-order chi connectivity index (χ0) is 18.7. The normalized spacial score (nSPS) is 24.6. The molecule has 3 heterocycles. The molecule has 2 aromatic rings. The fourth-order valence-corrected chi connectivity index (χ4v) is 4.21. The molecule has 4 amide bonds. The Kier molecular flexibility index (Phi) is 3.27. The molecule has 1 aromatic heterocycles. The van der Waals surface area contributed by atoms with Crippen molar-refractivity contribution < 1.29 is 23.8 Å². The van der Waals surface area contributed by atoms with E-state index in [0.29, 0.717) is 12.8 Å². The van der Waals surface area contributed by atoms with Crippen molar-refractivity contribution >= 4 is 35.3 Å². The van der Waals surface area contributed by atoms with Gasteiger partial charge in [0.2, 0.25) is 23.5 Å². The van der Waals surface area contributed by atoms with Crippen LogP contribution in [0.2, 0.25) is 0 Å². The van der Waals surface area contributed by atoms with Crippen LogP contribution >= 0.6 is 0 Å². The second-order valence-corrected chi connectivity index (χ2v) is 6.91. The van der Waals surface area contributed by atoms with E-state index in [2.05, 4.69) is 10.3 Å². The Morgan fingerprint density at radius 2 is 1.26 bits per heavy atom. The molecule has 9 nitrogen and oxygen atoms in total. The monoisotopic (exact) mass is 366 g/mol. The molecule has 0 spiro atoms. The first-order valence-electron chi connectivity index (χ1n) is 8.78. The van der Waals surface area contributed by atoms with E-state index in [1.165, 1.54) is 12.1 Å². The Labute approximate surface area is 152 Å². The Bertz CT molecular complexity index is 954. The van der Waals surface area contributed by atoms with Gasteiger partial charge in [-0.25, -0.2) is 14.4 Å². The summed E-state index contributed by atoms with van der Waals surface area (Å²) in [6, 6.07) is 6.36. The molecule has 2 aliphatic heterocycles.